The first-order valence-corrected chi connectivity index (χ1v) is 6.92. The van der Waals surface area contributed by atoms with Gasteiger partial charge in [0.05, 0.1) is 11.0 Å². The van der Waals surface area contributed by atoms with Crippen molar-refractivity contribution in [1.82, 2.24) is 14.9 Å². The molecular formula is C14H17FN4. The van der Waals surface area contributed by atoms with Crippen molar-refractivity contribution in [1.29, 1.82) is 0 Å². The van der Waals surface area contributed by atoms with Crippen LogP contribution in [0.15, 0.2) is 18.2 Å². The molecule has 2 N–H and O–H groups in total. The molecule has 5 heteroatoms. The molecule has 1 unspecified atom stereocenters. The van der Waals surface area contributed by atoms with E-state index < -0.39 is 0 Å². The third kappa shape index (κ3) is 1.98. The Balaban J connectivity index is 1.58. The maximum absolute atomic E-state index is 13.2. The van der Waals surface area contributed by atoms with E-state index in [2.05, 4.69) is 20.2 Å². The summed E-state index contributed by atoms with van der Waals surface area (Å²) in [6, 6.07) is 5.11. The number of hydrogen-bond acceptors (Lipinski definition) is 3. The zero-order valence-electron chi connectivity index (χ0n) is 10.7. The Kier molecular flexibility index (Phi) is 2.48. The number of benzene rings is 1. The lowest BCUT2D eigenvalue weighted by atomic mass is 9.84. The number of hydrogen-bond donors (Lipinski definition) is 2. The van der Waals surface area contributed by atoms with Gasteiger partial charge in [-0.05, 0) is 50.0 Å². The fourth-order valence-corrected chi connectivity index (χ4v) is 3.35. The summed E-state index contributed by atoms with van der Waals surface area (Å²) in [6.45, 7) is 3.55. The molecule has 2 bridgehead atoms. The van der Waals surface area contributed by atoms with E-state index in [-0.39, 0.29) is 5.82 Å². The molecule has 3 saturated heterocycles. The van der Waals surface area contributed by atoms with Crippen LogP contribution in [-0.4, -0.2) is 40.5 Å². The van der Waals surface area contributed by atoms with Crippen LogP contribution in [0.1, 0.15) is 12.8 Å². The Morgan fingerprint density at radius 3 is 2.89 bits per heavy atom. The summed E-state index contributed by atoms with van der Waals surface area (Å²) in [5.41, 5.74) is 1.56. The number of aromatic amines is 1. The van der Waals surface area contributed by atoms with Crippen LogP contribution in [0.5, 0.6) is 0 Å². The SMILES string of the molecule is Fc1ccc2nc(NC3CN4CCC3CC4)[nH]c2c1. The molecule has 5 rings (SSSR count). The largest absolute Gasteiger partial charge is 0.351 e. The second kappa shape index (κ2) is 4.20. The predicted molar refractivity (Wildman–Crippen MR) is 72.6 cm³/mol. The molecule has 3 aliphatic heterocycles. The quantitative estimate of drug-likeness (QED) is 0.870. The van der Waals surface area contributed by atoms with Crippen molar-refractivity contribution in [3.63, 3.8) is 0 Å². The van der Waals surface area contributed by atoms with Gasteiger partial charge in [-0.1, -0.05) is 0 Å². The summed E-state index contributed by atoms with van der Waals surface area (Å²) in [5.74, 6) is 1.28. The zero-order valence-corrected chi connectivity index (χ0v) is 10.7. The molecule has 4 nitrogen and oxygen atoms in total. The number of imidazole rings is 1. The van der Waals surface area contributed by atoms with Crippen LogP contribution in [0.4, 0.5) is 10.3 Å². The van der Waals surface area contributed by atoms with E-state index in [1.165, 1.54) is 38.1 Å². The minimum Gasteiger partial charge on any atom is -0.351 e. The molecule has 0 amide bonds. The molecule has 0 saturated carbocycles. The van der Waals surface area contributed by atoms with E-state index >= 15 is 0 Å². The summed E-state index contributed by atoms with van der Waals surface area (Å²) < 4.78 is 13.2. The van der Waals surface area contributed by atoms with Crippen LogP contribution in [-0.2, 0) is 0 Å². The maximum atomic E-state index is 13.2. The van der Waals surface area contributed by atoms with Crippen molar-refractivity contribution in [2.45, 2.75) is 18.9 Å². The summed E-state index contributed by atoms with van der Waals surface area (Å²) in [7, 11) is 0. The maximum Gasteiger partial charge on any atom is 0.201 e. The first-order chi connectivity index (χ1) is 9.28. The van der Waals surface area contributed by atoms with Gasteiger partial charge in [-0.15, -0.1) is 0 Å². The third-order valence-corrected chi connectivity index (χ3v) is 4.42. The van der Waals surface area contributed by atoms with E-state index in [9.17, 15) is 4.39 Å². The second-order valence-corrected chi connectivity index (χ2v) is 5.64. The first kappa shape index (κ1) is 11.2. The molecule has 1 atom stereocenters. The number of aromatic nitrogens is 2. The van der Waals surface area contributed by atoms with Crippen LogP contribution in [0.3, 0.4) is 0 Å². The highest BCUT2D eigenvalue weighted by Crippen LogP contribution is 2.29. The van der Waals surface area contributed by atoms with Gasteiger partial charge in [0.1, 0.15) is 5.82 Å². The number of rotatable bonds is 2. The van der Waals surface area contributed by atoms with Gasteiger partial charge in [-0.25, -0.2) is 9.37 Å². The summed E-state index contributed by atoms with van der Waals surface area (Å²) in [5, 5.41) is 3.49. The van der Waals surface area contributed by atoms with Crippen molar-refractivity contribution in [2.75, 3.05) is 25.0 Å². The Bertz CT molecular complexity index is 601. The lowest BCUT2D eigenvalue weighted by Crippen LogP contribution is -2.53. The minimum atomic E-state index is -0.231. The number of H-pyrrole nitrogens is 1. The van der Waals surface area contributed by atoms with E-state index in [4.69, 9.17) is 0 Å². The Labute approximate surface area is 111 Å². The number of fused-ring (bicyclic) bond motifs is 4. The topological polar surface area (TPSA) is 44.0 Å². The standard InChI is InChI=1S/C14H17FN4/c15-10-1-2-11-12(7-10)17-14(16-11)18-13-8-19-5-3-9(13)4-6-19/h1-2,7,9,13H,3-6,8H2,(H2,16,17,18). The number of nitrogens with zero attached hydrogens (tertiary/aromatic N) is 2. The highest BCUT2D eigenvalue weighted by Gasteiger charge is 2.34. The van der Waals surface area contributed by atoms with Gasteiger partial charge in [0, 0.05) is 12.6 Å². The molecule has 3 fully saturated rings. The highest BCUT2D eigenvalue weighted by atomic mass is 19.1. The summed E-state index contributed by atoms with van der Waals surface area (Å²) in [6.07, 6.45) is 2.54. The molecule has 19 heavy (non-hydrogen) atoms. The Morgan fingerprint density at radius 2 is 2.16 bits per heavy atom. The Hall–Kier alpha value is -1.62. The van der Waals surface area contributed by atoms with Crippen molar-refractivity contribution in [2.24, 2.45) is 5.92 Å². The normalized spacial score (nSPS) is 29.8. The predicted octanol–water partition coefficient (Wildman–Crippen LogP) is 2.21. The fourth-order valence-electron chi connectivity index (χ4n) is 3.35. The summed E-state index contributed by atoms with van der Waals surface area (Å²) in [4.78, 5) is 10.1. The minimum absolute atomic E-state index is 0.231. The van der Waals surface area contributed by atoms with Crippen LogP contribution in [0.25, 0.3) is 11.0 Å². The van der Waals surface area contributed by atoms with Crippen molar-refractivity contribution < 1.29 is 4.39 Å². The number of anilines is 1. The zero-order chi connectivity index (χ0) is 12.8. The van der Waals surface area contributed by atoms with Crippen molar-refractivity contribution in [3.8, 4) is 0 Å². The molecule has 0 aliphatic carbocycles. The van der Waals surface area contributed by atoms with Gasteiger partial charge in [-0.3, -0.25) is 0 Å². The van der Waals surface area contributed by atoms with Crippen LogP contribution < -0.4 is 5.32 Å². The number of halogens is 1. The Morgan fingerprint density at radius 1 is 1.32 bits per heavy atom. The monoisotopic (exact) mass is 260 g/mol. The van der Waals surface area contributed by atoms with Gasteiger partial charge >= 0.3 is 0 Å². The smallest absolute Gasteiger partial charge is 0.201 e. The van der Waals surface area contributed by atoms with E-state index in [0.29, 0.717) is 6.04 Å². The second-order valence-electron chi connectivity index (χ2n) is 5.64. The lowest BCUT2D eigenvalue weighted by Gasteiger charge is -2.44. The molecular weight excluding hydrogens is 243 g/mol. The van der Waals surface area contributed by atoms with Crippen molar-refractivity contribution in [3.05, 3.63) is 24.0 Å². The fraction of sp³-hybridized carbons (Fsp3) is 0.500. The molecule has 0 spiro atoms. The third-order valence-electron chi connectivity index (χ3n) is 4.42. The molecule has 4 heterocycles. The molecule has 3 aliphatic rings. The summed E-state index contributed by atoms with van der Waals surface area (Å²) >= 11 is 0. The highest BCUT2D eigenvalue weighted by molar-refractivity contribution is 5.77. The van der Waals surface area contributed by atoms with Crippen molar-refractivity contribution >= 4 is 17.0 Å². The first-order valence-electron chi connectivity index (χ1n) is 6.92. The average Bonchev–Trinajstić information content (AvgIpc) is 2.81. The van der Waals surface area contributed by atoms with Crippen LogP contribution in [0, 0.1) is 11.7 Å². The van der Waals surface area contributed by atoms with E-state index in [0.717, 1.165) is 29.4 Å². The molecule has 1 aromatic carbocycles. The molecule has 1 aromatic heterocycles. The lowest BCUT2D eigenvalue weighted by molar-refractivity contribution is 0.0972. The van der Waals surface area contributed by atoms with E-state index in [1.807, 2.05) is 0 Å². The van der Waals surface area contributed by atoms with Gasteiger partial charge < -0.3 is 15.2 Å². The number of nitrogens with one attached hydrogen (secondary N) is 2. The van der Waals surface area contributed by atoms with Crippen LogP contribution >= 0.6 is 0 Å². The average molecular weight is 260 g/mol. The van der Waals surface area contributed by atoms with Gasteiger partial charge in [0.15, 0.2) is 0 Å². The molecule has 2 aromatic rings. The van der Waals surface area contributed by atoms with Gasteiger partial charge in [0.25, 0.3) is 0 Å². The number of piperidine rings is 3. The van der Waals surface area contributed by atoms with E-state index in [1.54, 1.807) is 6.07 Å². The van der Waals surface area contributed by atoms with Crippen LogP contribution in [0.2, 0.25) is 0 Å². The van der Waals surface area contributed by atoms with Gasteiger partial charge in [0.2, 0.25) is 5.95 Å². The molecule has 100 valence electrons. The van der Waals surface area contributed by atoms with Gasteiger partial charge in [-0.2, -0.15) is 0 Å². The molecule has 0 radical (unpaired) electrons.